The molecule has 0 aliphatic carbocycles. The molecule has 0 aliphatic heterocycles. The first-order chi connectivity index (χ1) is 8.89. The summed E-state index contributed by atoms with van der Waals surface area (Å²) in [4.78, 5) is 11.4. The van der Waals surface area contributed by atoms with E-state index in [-0.39, 0.29) is 11.6 Å². The van der Waals surface area contributed by atoms with Crippen LogP contribution in [0.2, 0.25) is 0 Å². The molecule has 0 radical (unpaired) electrons. The molecule has 0 saturated carbocycles. The lowest BCUT2D eigenvalue weighted by Gasteiger charge is -2.22. The molecule has 4 nitrogen and oxygen atoms in total. The monoisotopic (exact) mass is 330 g/mol. The van der Waals surface area contributed by atoms with Crippen LogP contribution >= 0.6 is 15.9 Å². The van der Waals surface area contributed by atoms with Crippen LogP contribution in [0.15, 0.2) is 22.7 Å². The van der Waals surface area contributed by atoms with Crippen LogP contribution in [0.25, 0.3) is 0 Å². The van der Waals surface area contributed by atoms with Crippen molar-refractivity contribution in [3.8, 4) is 5.75 Å². The first kappa shape index (κ1) is 16.0. The van der Waals surface area contributed by atoms with Crippen molar-refractivity contribution in [3.05, 3.63) is 28.2 Å². The van der Waals surface area contributed by atoms with Gasteiger partial charge in [-0.25, -0.2) is 4.79 Å². The number of carbonyl (C=O) groups excluding carboxylic acids is 1. The lowest BCUT2D eigenvalue weighted by Crippen LogP contribution is -2.25. The molecule has 1 aromatic carbocycles. The highest BCUT2D eigenvalue weighted by Gasteiger charge is 2.17. The summed E-state index contributed by atoms with van der Waals surface area (Å²) in [6, 6.07) is 5.11. The maximum atomic E-state index is 11.4. The van der Waals surface area contributed by atoms with Gasteiger partial charge in [0.05, 0.1) is 29.4 Å². The minimum atomic E-state index is -0.380. The zero-order chi connectivity index (χ0) is 14.5. The van der Waals surface area contributed by atoms with Crippen LogP contribution in [0.3, 0.4) is 0 Å². The van der Waals surface area contributed by atoms with Crippen LogP contribution in [0.5, 0.6) is 5.75 Å². The molecule has 19 heavy (non-hydrogen) atoms. The number of hydrogen-bond donors (Lipinski definition) is 0. The van der Waals surface area contributed by atoms with E-state index in [0.717, 1.165) is 10.9 Å². The second kappa shape index (κ2) is 6.91. The molecule has 0 heterocycles. The number of methoxy groups -OCH3 is 2. The topological polar surface area (TPSA) is 44.8 Å². The molecular formula is C14H19BrO4. The summed E-state index contributed by atoms with van der Waals surface area (Å²) in [7, 11) is 3.03. The Morgan fingerprint density at radius 1 is 1.32 bits per heavy atom. The van der Waals surface area contributed by atoms with Gasteiger partial charge in [-0.15, -0.1) is 0 Å². The fraction of sp³-hybridized carbons (Fsp3) is 0.500. The highest BCUT2D eigenvalue weighted by Crippen LogP contribution is 2.27. The van der Waals surface area contributed by atoms with Crippen molar-refractivity contribution in [2.24, 2.45) is 0 Å². The number of ether oxygens (including phenoxy) is 3. The van der Waals surface area contributed by atoms with Crippen molar-refractivity contribution in [1.82, 2.24) is 0 Å². The van der Waals surface area contributed by atoms with Crippen LogP contribution in [0, 0.1) is 0 Å². The Bertz CT molecular complexity index is 443. The summed E-state index contributed by atoms with van der Waals surface area (Å²) < 4.78 is 16.5. The molecule has 0 saturated heterocycles. The van der Waals surface area contributed by atoms with Crippen LogP contribution in [0.4, 0.5) is 0 Å². The Morgan fingerprint density at radius 2 is 2.00 bits per heavy atom. The number of halogens is 1. The third-order valence-electron chi connectivity index (χ3n) is 2.87. The molecule has 0 spiro atoms. The van der Waals surface area contributed by atoms with E-state index >= 15 is 0 Å². The van der Waals surface area contributed by atoms with Gasteiger partial charge in [-0.2, -0.15) is 0 Å². The summed E-state index contributed by atoms with van der Waals surface area (Å²) in [5, 5.41) is 0. The molecule has 106 valence electrons. The average molecular weight is 331 g/mol. The van der Waals surface area contributed by atoms with Crippen LogP contribution in [-0.4, -0.2) is 32.4 Å². The van der Waals surface area contributed by atoms with Crippen molar-refractivity contribution in [1.29, 1.82) is 0 Å². The summed E-state index contributed by atoms with van der Waals surface area (Å²) in [5.74, 6) is 0.240. The van der Waals surface area contributed by atoms with Crippen molar-refractivity contribution in [2.45, 2.75) is 25.9 Å². The number of esters is 1. The van der Waals surface area contributed by atoms with E-state index in [2.05, 4.69) is 20.7 Å². The molecule has 0 amide bonds. The second-order valence-electron chi connectivity index (χ2n) is 4.70. The van der Waals surface area contributed by atoms with Gasteiger partial charge in [0.25, 0.3) is 0 Å². The molecule has 0 N–H and O–H groups in total. The SMILES string of the molecule is COC(=O)c1ccc(Br)c(OCCC(C)(C)OC)c1. The van der Waals surface area contributed by atoms with Gasteiger partial charge in [-0.1, -0.05) is 0 Å². The summed E-state index contributed by atoms with van der Waals surface area (Å²) >= 11 is 3.39. The van der Waals surface area contributed by atoms with E-state index in [4.69, 9.17) is 9.47 Å². The third-order valence-corrected chi connectivity index (χ3v) is 3.52. The van der Waals surface area contributed by atoms with Gasteiger partial charge < -0.3 is 14.2 Å². The number of carbonyl (C=O) groups is 1. The zero-order valence-corrected chi connectivity index (χ0v) is 13.2. The normalized spacial score (nSPS) is 11.2. The molecule has 5 heteroatoms. The maximum absolute atomic E-state index is 11.4. The maximum Gasteiger partial charge on any atom is 0.337 e. The number of rotatable bonds is 6. The van der Waals surface area contributed by atoms with Crippen molar-refractivity contribution in [2.75, 3.05) is 20.8 Å². The predicted octanol–water partition coefficient (Wildman–Crippen LogP) is 3.43. The highest BCUT2D eigenvalue weighted by atomic mass is 79.9. The molecule has 0 bridgehead atoms. The Kier molecular flexibility index (Phi) is 5.82. The molecule has 0 unspecified atom stereocenters. The fourth-order valence-electron chi connectivity index (χ4n) is 1.37. The quantitative estimate of drug-likeness (QED) is 0.749. The Hall–Kier alpha value is -1.07. The minimum Gasteiger partial charge on any atom is -0.492 e. The smallest absolute Gasteiger partial charge is 0.337 e. The standard InChI is InChI=1S/C14H19BrO4/c1-14(2,18-4)7-8-19-12-9-10(13(16)17-3)5-6-11(12)15/h5-6,9H,7-8H2,1-4H3. The largest absolute Gasteiger partial charge is 0.492 e. The molecule has 1 rings (SSSR count). The van der Waals surface area contributed by atoms with Gasteiger partial charge in [0, 0.05) is 13.5 Å². The zero-order valence-electron chi connectivity index (χ0n) is 11.7. The Labute approximate surface area is 122 Å². The Morgan fingerprint density at radius 3 is 2.58 bits per heavy atom. The van der Waals surface area contributed by atoms with Crippen molar-refractivity contribution in [3.63, 3.8) is 0 Å². The van der Waals surface area contributed by atoms with E-state index in [1.54, 1.807) is 25.3 Å². The van der Waals surface area contributed by atoms with E-state index in [9.17, 15) is 4.79 Å². The number of benzene rings is 1. The summed E-state index contributed by atoms with van der Waals surface area (Å²) in [6.07, 6.45) is 0.748. The van der Waals surface area contributed by atoms with Gasteiger partial charge >= 0.3 is 5.97 Å². The van der Waals surface area contributed by atoms with Crippen molar-refractivity contribution >= 4 is 21.9 Å². The number of hydrogen-bond acceptors (Lipinski definition) is 4. The van der Waals surface area contributed by atoms with Crippen molar-refractivity contribution < 1.29 is 19.0 Å². The summed E-state index contributed by atoms with van der Waals surface area (Å²) in [6.45, 7) is 4.50. The fourth-order valence-corrected chi connectivity index (χ4v) is 1.73. The molecule has 0 fully saturated rings. The molecule has 1 aromatic rings. The Balaban J connectivity index is 2.70. The molecule has 0 aliphatic rings. The van der Waals surface area contributed by atoms with Gasteiger partial charge in [-0.05, 0) is 48.0 Å². The van der Waals surface area contributed by atoms with Gasteiger partial charge in [0.2, 0.25) is 0 Å². The van der Waals surface area contributed by atoms with E-state index in [1.807, 2.05) is 13.8 Å². The lowest BCUT2D eigenvalue weighted by molar-refractivity contribution is 0.00536. The second-order valence-corrected chi connectivity index (χ2v) is 5.55. The van der Waals surface area contributed by atoms with E-state index in [0.29, 0.717) is 17.9 Å². The average Bonchev–Trinajstić information content (AvgIpc) is 2.40. The van der Waals surface area contributed by atoms with E-state index < -0.39 is 0 Å². The van der Waals surface area contributed by atoms with Gasteiger partial charge in [0.1, 0.15) is 5.75 Å². The van der Waals surface area contributed by atoms with Crippen LogP contribution < -0.4 is 4.74 Å². The lowest BCUT2D eigenvalue weighted by atomic mass is 10.1. The van der Waals surface area contributed by atoms with Gasteiger partial charge in [0.15, 0.2) is 0 Å². The predicted molar refractivity (Wildman–Crippen MR) is 76.7 cm³/mol. The molecule has 0 aromatic heterocycles. The highest BCUT2D eigenvalue weighted by molar-refractivity contribution is 9.10. The minimum absolute atomic E-state index is 0.230. The molecular weight excluding hydrogens is 312 g/mol. The first-order valence-corrected chi connectivity index (χ1v) is 6.75. The van der Waals surface area contributed by atoms with Crippen LogP contribution in [-0.2, 0) is 9.47 Å². The first-order valence-electron chi connectivity index (χ1n) is 5.95. The van der Waals surface area contributed by atoms with E-state index in [1.165, 1.54) is 7.11 Å². The van der Waals surface area contributed by atoms with Crippen LogP contribution in [0.1, 0.15) is 30.6 Å². The molecule has 0 atom stereocenters. The third kappa shape index (κ3) is 4.84. The van der Waals surface area contributed by atoms with Gasteiger partial charge in [-0.3, -0.25) is 0 Å². The summed E-state index contributed by atoms with van der Waals surface area (Å²) in [5.41, 5.74) is 0.235.